The Morgan fingerprint density at radius 2 is 1.30 bits per heavy atom. The average Bonchev–Trinajstić information content (AvgIpc) is 2.94. The molecule has 0 aliphatic carbocycles. The van der Waals surface area contributed by atoms with E-state index in [-0.39, 0.29) is 41.1 Å². The van der Waals surface area contributed by atoms with Crippen LogP contribution in [0, 0.1) is 0 Å². The second kappa shape index (κ2) is 16.9. The van der Waals surface area contributed by atoms with E-state index in [1.54, 1.807) is 12.1 Å². The number of phenolic OH excluding ortho intramolecular Hbond substituents is 4. The Hall–Kier alpha value is -3.09. The smallest absolute Gasteiger partial charge is 0.306 e. The zero-order valence-corrected chi connectivity index (χ0v) is 24.1. The molecule has 0 bridgehead atoms. The number of hydrogen-bond acceptors (Lipinski definition) is 7. The summed E-state index contributed by atoms with van der Waals surface area (Å²) in [6.45, 7) is 2.26. The van der Waals surface area contributed by atoms with Gasteiger partial charge in [0.2, 0.25) is 5.75 Å². The van der Waals surface area contributed by atoms with Gasteiger partial charge in [0.25, 0.3) is 0 Å². The number of benzene rings is 2. The zero-order chi connectivity index (χ0) is 28.7. The summed E-state index contributed by atoms with van der Waals surface area (Å²) in [4.78, 5) is 12.7. The molecule has 0 spiro atoms. The molecule has 0 saturated carbocycles. The highest BCUT2D eigenvalue weighted by Gasteiger charge is 2.36. The first kappa shape index (κ1) is 31.4. The summed E-state index contributed by atoms with van der Waals surface area (Å²) in [5.41, 5.74) is 1.09. The lowest BCUT2D eigenvalue weighted by molar-refractivity contribution is -0.155. The lowest BCUT2D eigenvalue weighted by atomic mass is 9.93. The van der Waals surface area contributed by atoms with Crippen molar-refractivity contribution in [3.05, 3.63) is 41.5 Å². The summed E-state index contributed by atoms with van der Waals surface area (Å²) >= 11 is 0. The molecule has 40 heavy (non-hydrogen) atoms. The number of esters is 1. The van der Waals surface area contributed by atoms with Gasteiger partial charge >= 0.3 is 5.97 Å². The van der Waals surface area contributed by atoms with Gasteiger partial charge in [-0.05, 0) is 24.6 Å². The number of ether oxygens (including phenoxy) is 2. The molecule has 0 fully saturated rings. The maximum atomic E-state index is 12.7. The van der Waals surface area contributed by atoms with Gasteiger partial charge in [-0.2, -0.15) is 0 Å². The minimum Gasteiger partial charge on any atom is -0.504 e. The van der Waals surface area contributed by atoms with Gasteiger partial charge < -0.3 is 29.9 Å². The van der Waals surface area contributed by atoms with Crippen LogP contribution in [0.3, 0.4) is 0 Å². The molecule has 1 aliphatic heterocycles. The molecule has 4 N–H and O–H groups in total. The minimum absolute atomic E-state index is 0.118. The molecule has 222 valence electrons. The summed E-state index contributed by atoms with van der Waals surface area (Å²) in [5, 5.41) is 39.9. The molecule has 3 rings (SSSR count). The van der Waals surface area contributed by atoms with Gasteiger partial charge in [0.15, 0.2) is 29.1 Å². The molecule has 2 atom stereocenters. The van der Waals surface area contributed by atoms with Gasteiger partial charge in [-0.1, -0.05) is 109 Å². The van der Waals surface area contributed by atoms with E-state index in [2.05, 4.69) is 6.92 Å². The largest absolute Gasteiger partial charge is 0.504 e. The van der Waals surface area contributed by atoms with Crippen molar-refractivity contribution in [1.82, 2.24) is 0 Å². The van der Waals surface area contributed by atoms with Crippen molar-refractivity contribution in [2.24, 2.45) is 0 Å². The first-order valence-electron chi connectivity index (χ1n) is 15.3. The van der Waals surface area contributed by atoms with Crippen LogP contribution in [0.25, 0.3) is 0 Å². The Bertz CT molecular complexity index is 1050. The fraction of sp³-hybridized carbons (Fsp3) is 0.606. The third-order valence-corrected chi connectivity index (χ3v) is 7.79. The van der Waals surface area contributed by atoms with Crippen LogP contribution in [-0.4, -0.2) is 32.5 Å². The molecule has 0 aromatic heterocycles. The third-order valence-electron chi connectivity index (χ3n) is 7.79. The molecule has 2 aromatic rings. The van der Waals surface area contributed by atoms with E-state index >= 15 is 0 Å². The number of carbonyl (C=O) groups excluding carboxylic acids is 1. The Kier molecular flexibility index (Phi) is 13.3. The van der Waals surface area contributed by atoms with Crippen molar-refractivity contribution in [2.75, 3.05) is 0 Å². The van der Waals surface area contributed by atoms with Crippen molar-refractivity contribution >= 4 is 5.97 Å². The molecule has 0 amide bonds. The van der Waals surface area contributed by atoms with Gasteiger partial charge in [-0.15, -0.1) is 0 Å². The SMILES string of the molecule is CCCCCCCCCCCCCCCCCC(=O)O[C@@H]1Cc2ccc(O)c(O)c2OC1c1ccc(O)c(O)c1. The molecular weight excluding hydrogens is 508 g/mol. The van der Waals surface area contributed by atoms with Crippen molar-refractivity contribution in [2.45, 2.75) is 128 Å². The quantitative estimate of drug-likeness (QED) is 0.0828. The van der Waals surface area contributed by atoms with Crippen molar-refractivity contribution < 1.29 is 34.7 Å². The van der Waals surface area contributed by atoms with E-state index in [1.807, 2.05) is 0 Å². The number of aromatic hydroxyl groups is 4. The number of fused-ring (bicyclic) bond motifs is 1. The van der Waals surface area contributed by atoms with Crippen LogP contribution >= 0.6 is 0 Å². The van der Waals surface area contributed by atoms with Crippen LogP contribution in [0.4, 0.5) is 0 Å². The van der Waals surface area contributed by atoms with Crippen LogP contribution in [-0.2, 0) is 16.0 Å². The summed E-state index contributed by atoms with van der Waals surface area (Å²) in [5.74, 6) is -1.49. The summed E-state index contributed by atoms with van der Waals surface area (Å²) in [6.07, 6.45) is 18.0. The molecule has 7 heteroatoms. The number of rotatable bonds is 18. The van der Waals surface area contributed by atoms with Crippen molar-refractivity contribution in [3.63, 3.8) is 0 Å². The van der Waals surface area contributed by atoms with E-state index < -0.39 is 12.2 Å². The lowest BCUT2D eigenvalue weighted by Crippen LogP contribution is -2.34. The van der Waals surface area contributed by atoms with Crippen LogP contribution in [0.2, 0.25) is 0 Å². The van der Waals surface area contributed by atoms with E-state index in [4.69, 9.17) is 9.47 Å². The van der Waals surface area contributed by atoms with Crippen LogP contribution in [0.15, 0.2) is 30.3 Å². The van der Waals surface area contributed by atoms with Crippen molar-refractivity contribution in [1.29, 1.82) is 0 Å². The van der Waals surface area contributed by atoms with E-state index in [0.29, 0.717) is 17.5 Å². The summed E-state index contributed by atoms with van der Waals surface area (Å²) in [7, 11) is 0. The van der Waals surface area contributed by atoms with Gasteiger partial charge in [0.05, 0.1) is 0 Å². The minimum atomic E-state index is -0.822. The fourth-order valence-electron chi connectivity index (χ4n) is 5.39. The molecule has 2 aromatic carbocycles. The van der Waals surface area contributed by atoms with Crippen molar-refractivity contribution in [3.8, 4) is 28.7 Å². The fourth-order valence-corrected chi connectivity index (χ4v) is 5.39. The average molecular weight is 557 g/mol. The maximum Gasteiger partial charge on any atom is 0.306 e. The Morgan fingerprint density at radius 3 is 1.88 bits per heavy atom. The molecule has 1 unspecified atom stereocenters. The van der Waals surface area contributed by atoms with Crippen LogP contribution < -0.4 is 4.74 Å². The molecule has 7 nitrogen and oxygen atoms in total. The second-order valence-electron chi connectivity index (χ2n) is 11.1. The predicted octanol–water partition coefficient (Wildman–Crippen LogP) is 8.36. The van der Waals surface area contributed by atoms with Crippen LogP contribution in [0.5, 0.6) is 28.7 Å². The first-order chi connectivity index (χ1) is 19.4. The monoisotopic (exact) mass is 556 g/mol. The van der Waals surface area contributed by atoms with E-state index in [9.17, 15) is 25.2 Å². The Labute approximate surface area is 239 Å². The number of hydrogen-bond donors (Lipinski definition) is 4. The van der Waals surface area contributed by atoms with E-state index in [1.165, 1.54) is 95.2 Å². The summed E-state index contributed by atoms with van der Waals surface area (Å²) < 4.78 is 11.8. The number of carbonyl (C=O) groups is 1. The summed E-state index contributed by atoms with van der Waals surface area (Å²) in [6, 6.07) is 7.25. The van der Waals surface area contributed by atoms with Gasteiger partial charge in [-0.3, -0.25) is 4.79 Å². The highest BCUT2D eigenvalue weighted by atomic mass is 16.6. The molecular formula is C33H48O7. The Morgan fingerprint density at radius 1 is 0.750 bits per heavy atom. The Balaban J connectivity index is 1.36. The van der Waals surface area contributed by atoms with Gasteiger partial charge in [-0.25, -0.2) is 0 Å². The standard InChI is InChI=1S/C33H48O7/c1-2-3-4-5-6-7-8-9-10-11-12-13-14-15-16-17-30(37)39-29-23-25-19-21-27(35)31(38)33(25)40-32(29)24-18-20-26(34)28(36)22-24/h18-22,29,32,34-36,38H,2-17,23H2,1H3/t29-,32?/m1/s1. The number of unbranched alkanes of at least 4 members (excludes halogenated alkanes) is 14. The lowest BCUT2D eigenvalue weighted by Gasteiger charge is -2.34. The molecule has 0 saturated heterocycles. The first-order valence-corrected chi connectivity index (χ1v) is 15.3. The second-order valence-corrected chi connectivity index (χ2v) is 11.1. The molecule has 0 radical (unpaired) electrons. The molecule has 1 aliphatic rings. The van der Waals surface area contributed by atoms with Gasteiger partial charge in [0.1, 0.15) is 6.10 Å². The highest BCUT2D eigenvalue weighted by molar-refractivity contribution is 5.70. The molecule has 1 heterocycles. The maximum absolute atomic E-state index is 12.7. The highest BCUT2D eigenvalue weighted by Crippen LogP contribution is 2.46. The van der Waals surface area contributed by atoms with Crippen LogP contribution in [0.1, 0.15) is 127 Å². The third kappa shape index (κ3) is 9.83. The van der Waals surface area contributed by atoms with Gasteiger partial charge in [0, 0.05) is 24.0 Å². The topological polar surface area (TPSA) is 116 Å². The van der Waals surface area contributed by atoms with E-state index in [0.717, 1.165) is 19.3 Å². The zero-order valence-electron chi connectivity index (χ0n) is 24.1. The number of phenols is 4. The predicted molar refractivity (Wildman–Crippen MR) is 156 cm³/mol. The normalized spacial score (nSPS) is 16.3.